The Balaban J connectivity index is 1.85. The maximum absolute atomic E-state index is 9.72. The number of hydrogen-bond donors (Lipinski definition) is 2. The van der Waals surface area contributed by atoms with Gasteiger partial charge in [0, 0.05) is 26.6 Å². The van der Waals surface area contributed by atoms with Crippen molar-refractivity contribution >= 4 is 0 Å². The standard InChI is InChI=1S/C14H20N4O/c1-10-6-12(7-11(2)14(10)19)8-15-5-4-13-17-16-9-18(13)3/h6-7,9,15,19H,4-5,8H2,1-3H3. The molecule has 2 rings (SSSR count). The molecule has 19 heavy (non-hydrogen) atoms. The molecule has 1 aromatic carbocycles. The van der Waals surface area contributed by atoms with Gasteiger partial charge in [-0.3, -0.25) is 0 Å². The first-order valence-electron chi connectivity index (χ1n) is 6.40. The zero-order valence-corrected chi connectivity index (χ0v) is 11.6. The number of nitrogens with zero attached hydrogens (tertiary/aromatic N) is 3. The Kier molecular flexibility index (Phi) is 4.16. The van der Waals surface area contributed by atoms with E-state index >= 15 is 0 Å². The fourth-order valence-corrected chi connectivity index (χ4v) is 2.11. The Morgan fingerprint density at radius 2 is 1.95 bits per heavy atom. The van der Waals surface area contributed by atoms with Crippen molar-refractivity contribution in [3.63, 3.8) is 0 Å². The lowest BCUT2D eigenvalue weighted by molar-refractivity contribution is 0.466. The Labute approximate surface area is 113 Å². The fourth-order valence-electron chi connectivity index (χ4n) is 2.11. The maximum Gasteiger partial charge on any atom is 0.133 e. The molecule has 0 saturated heterocycles. The van der Waals surface area contributed by atoms with E-state index in [1.54, 1.807) is 6.33 Å². The molecule has 0 unspecified atom stereocenters. The van der Waals surface area contributed by atoms with Crippen molar-refractivity contribution in [1.29, 1.82) is 0 Å². The van der Waals surface area contributed by atoms with E-state index in [0.29, 0.717) is 5.75 Å². The van der Waals surface area contributed by atoms with E-state index in [2.05, 4.69) is 15.5 Å². The predicted molar refractivity (Wildman–Crippen MR) is 74.0 cm³/mol. The summed E-state index contributed by atoms with van der Waals surface area (Å²) in [6.45, 7) is 5.49. The molecule has 0 spiro atoms. The number of aromatic nitrogens is 3. The van der Waals surface area contributed by atoms with Crippen molar-refractivity contribution in [2.45, 2.75) is 26.8 Å². The van der Waals surface area contributed by atoms with Gasteiger partial charge in [0.1, 0.15) is 17.9 Å². The molecule has 5 nitrogen and oxygen atoms in total. The summed E-state index contributed by atoms with van der Waals surface area (Å²) in [5.41, 5.74) is 3.03. The van der Waals surface area contributed by atoms with Crippen molar-refractivity contribution in [2.75, 3.05) is 6.54 Å². The number of aryl methyl sites for hydroxylation is 3. The lowest BCUT2D eigenvalue weighted by Crippen LogP contribution is -2.18. The molecule has 1 aromatic heterocycles. The van der Waals surface area contributed by atoms with Crippen LogP contribution < -0.4 is 5.32 Å². The van der Waals surface area contributed by atoms with Gasteiger partial charge in [0.05, 0.1) is 0 Å². The lowest BCUT2D eigenvalue weighted by Gasteiger charge is -2.09. The number of phenols is 1. The van der Waals surface area contributed by atoms with Gasteiger partial charge in [-0.25, -0.2) is 0 Å². The molecule has 0 saturated carbocycles. The minimum absolute atomic E-state index is 0.392. The lowest BCUT2D eigenvalue weighted by atomic mass is 10.1. The maximum atomic E-state index is 9.72. The van der Waals surface area contributed by atoms with E-state index in [4.69, 9.17) is 0 Å². The highest BCUT2D eigenvalue weighted by Crippen LogP contribution is 2.22. The van der Waals surface area contributed by atoms with E-state index in [9.17, 15) is 5.11 Å². The summed E-state index contributed by atoms with van der Waals surface area (Å²) in [6.07, 6.45) is 2.56. The summed E-state index contributed by atoms with van der Waals surface area (Å²) in [5, 5.41) is 21.0. The third kappa shape index (κ3) is 3.32. The highest BCUT2D eigenvalue weighted by atomic mass is 16.3. The van der Waals surface area contributed by atoms with Crippen molar-refractivity contribution in [3.05, 3.63) is 41.0 Å². The van der Waals surface area contributed by atoms with Gasteiger partial charge < -0.3 is 15.0 Å². The van der Waals surface area contributed by atoms with Crippen LogP contribution in [0.25, 0.3) is 0 Å². The van der Waals surface area contributed by atoms with Crippen LogP contribution in [0.2, 0.25) is 0 Å². The zero-order valence-electron chi connectivity index (χ0n) is 11.6. The van der Waals surface area contributed by atoms with Crippen LogP contribution >= 0.6 is 0 Å². The molecule has 0 amide bonds. The van der Waals surface area contributed by atoms with Gasteiger partial charge in [-0.05, 0) is 30.5 Å². The molecule has 0 aliphatic carbocycles. The quantitative estimate of drug-likeness (QED) is 0.799. The highest BCUT2D eigenvalue weighted by molar-refractivity contribution is 5.42. The molecular weight excluding hydrogens is 240 g/mol. The third-order valence-corrected chi connectivity index (χ3v) is 3.21. The smallest absolute Gasteiger partial charge is 0.133 e. The van der Waals surface area contributed by atoms with Crippen LogP contribution in [0.4, 0.5) is 0 Å². The van der Waals surface area contributed by atoms with Crippen LogP contribution in [-0.2, 0) is 20.0 Å². The van der Waals surface area contributed by atoms with E-state index < -0.39 is 0 Å². The summed E-state index contributed by atoms with van der Waals surface area (Å²) < 4.78 is 1.93. The van der Waals surface area contributed by atoms with Crippen LogP contribution in [0.3, 0.4) is 0 Å². The van der Waals surface area contributed by atoms with Gasteiger partial charge in [0.15, 0.2) is 0 Å². The van der Waals surface area contributed by atoms with Crippen LogP contribution in [-0.4, -0.2) is 26.4 Å². The van der Waals surface area contributed by atoms with Gasteiger partial charge >= 0.3 is 0 Å². The van der Waals surface area contributed by atoms with Gasteiger partial charge in [0.25, 0.3) is 0 Å². The Bertz CT molecular complexity index is 539. The molecule has 0 bridgehead atoms. The molecule has 2 N–H and O–H groups in total. The van der Waals surface area contributed by atoms with Crippen molar-refractivity contribution in [1.82, 2.24) is 20.1 Å². The minimum Gasteiger partial charge on any atom is -0.507 e. The second-order valence-electron chi connectivity index (χ2n) is 4.86. The predicted octanol–water partition coefficient (Wildman–Crippen LogP) is 1.47. The van der Waals surface area contributed by atoms with E-state index in [1.807, 2.05) is 37.6 Å². The molecule has 102 valence electrons. The third-order valence-electron chi connectivity index (χ3n) is 3.21. The summed E-state index contributed by atoms with van der Waals surface area (Å²) in [6, 6.07) is 4.02. The Hall–Kier alpha value is -1.88. The van der Waals surface area contributed by atoms with Gasteiger partial charge in [-0.1, -0.05) is 12.1 Å². The molecule has 1 heterocycles. The number of nitrogens with one attached hydrogen (secondary N) is 1. The topological polar surface area (TPSA) is 63.0 Å². The molecule has 0 fully saturated rings. The first kappa shape index (κ1) is 13.5. The van der Waals surface area contributed by atoms with Crippen molar-refractivity contribution in [3.8, 4) is 5.75 Å². The van der Waals surface area contributed by atoms with E-state index in [-0.39, 0.29) is 0 Å². The van der Waals surface area contributed by atoms with Gasteiger partial charge in [-0.15, -0.1) is 10.2 Å². The first-order valence-corrected chi connectivity index (χ1v) is 6.40. The molecule has 0 aliphatic heterocycles. The van der Waals surface area contributed by atoms with Crippen LogP contribution in [0, 0.1) is 13.8 Å². The Morgan fingerprint density at radius 1 is 1.26 bits per heavy atom. The van der Waals surface area contributed by atoms with Crippen LogP contribution in [0.1, 0.15) is 22.5 Å². The monoisotopic (exact) mass is 260 g/mol. The summed E-state index contributed by atoms with van der Waals surface area (Å²) >= 11 is 0. The summed E-state index contributed by atoms with van der Waals surface area (Å²) in [7, 11) is 1.95. The number of aromatic hydroxyl groups is 1. The largest absolute Gasteiger partial charge is 0.507 e. The summed E-state index contributed by atoms with van der Waals surface area (Å²) in [4.78, 5) is 0. The van der Waals surface area contributed by atoms with E-state index in [0.717, 1.165) is 36.5 Å². The minimum atomic E-state index is 0.392. The molecule has 0 aliphatic rings. The van der Waals surface area contributed by atoms with E-state index in [1.165, 1.54) is 5.56 Å². The number of rotatable bonds is 5. The molecular formula is C14H20N4O. The van der Waals surface area contributed by atoms with Gasteiger partial charge in [-0.2, -0.15) is 0 Å². The first-order chi connectivity index (χ1) is 9.08. The second kappa shape index (κ2) is 5.84. The number of benzene rings is 1. The summed E-state index contributed by atoms with van der Waals surface area (Å²) in [5.74, 6) is 1.37. The SMILES string of the molecule is Cc1cc(CNCCc2nncn2C)cc(C)c1O. The zero-order chi connectivity index (χ0) is 13.8. The second-order valence-corrected chi connectivity index (χ2v) is 4.86. The fraction of sp³-hybridized carbons (Fsp3) is 0.429. The molecule has 0 atom stereocenters. The number of phenolic OH excluding ortho intramolecular Hbond substituents is 1. The van der Waals surface area contributed by atoms with Crippen molar-refractivity contribution in [2.24, 2.45) is 7.05 Å². The molecule has 0 radical (unpaired) electrons. The average molecular weight is 260 g/mol. The number of hydrogen-bond acceptors (Lipinski definition) is 4. The highest BCUT2D eigenvalue weighted by Gasteiger charge is 2.04. The van der Waals surface area contributed by atoms with Gasteiger partial charge in [0.2, 0.25) is 0 Å². The van der Waals surface area contributed by atoms with Crippen LogP contribution in [0.15, 0.2) is 18.5 Å². The molecule has 2 aromatic rings. The Morgan fingerprint density at radius 3 is 2.53 bits per heavy atom. The molecule has 5 heteroatoms. The normalized spacial score (nSPS) is 10.9. The average Bonchev–Trinajstić information content (AvgIpc) is 2.77. The van der Waals surface area contributed by atoms with Crippen molar-refractivity contribution < 1.29 is 5.11 Å². The van der Waals surface area contributed by atoms with Crippen LogP contribution in [0.5, 0.6) is 5.75 Å².